The number of fused-ring (bicyclic) bond motifs is 1. The molecule has 2 atom stereocenters. The van der Waals surface area contributed by atoms with Crippen molar-refractivity contribution in [3.63, 3.8) is 0 Å². The number of rotatable bonds is 2. The van der Waals surface area contributed by atoms with Crippen molar-refractivity contribution >= 4 is 5.91 Å². The lowest BCUT2D eigenvalue weighted by Gasteiger charge is -2.41. The lowest BCUT2D eigenvalue weighted by molar-refractivity contribution is 0.0521. The van der Waals surface area contributed by atoms with E-state index >= 15 is 0 Å². The molecule has 0 radical (unpaired) electrons. The van der Waals surface area contributed by atoms with E-state index in [0.717, 1.165) is 31.2 Å². The summed E-state index contributed by atoms with van der Waals surface area (Å²) in [5.41, 5.74) is 0.706. The number of amides is 1. The average Bonchev–Trinajstić information content (AvgIpc) is 3.23. The van der Waals surface area contributed by atoms with Crippen molar-refractivity contribution < 1.29 is 4.79 Å². The first kappa shape index (κ1) is 14.5. The van der Waals surface area contributed by atoms with Crippen molar-refractivity contribution in [3.05, 3.63) is 36.3 Å². The molecule has 0 bridgehead atoms. The van der Waals surface area contributed by atoms with E-state index in [4.69, 9.17) is 0 Å². The molecule has 1 aliphatic heterocycles. The highest BCUT2D eigenvalue weighted by Gasteiger charge is 2.34. The number of aryl methyl sites for hydroxylation is 1. The summed E-state index contributed by atoms with van der Waals surface area (Å²) in [4.78, 5) is 15.1. The Bertz CT molecular complexity index is 688. The maximum absolute atomic E-state index is 13.1. The van der Waals surface area contributed by atoms with Gasteiger partial charge in [0.2, 0.25) is 0 Å². The third-order valence-corrected chi connectivity index (χ3v) is 5.57. The number of piperidine rings is 1. The number of hydrogen-bond acceptors (Lipinski definition) is 2. The number of aromatic nitrogens is 3. The molecule has 0 aromatic carbocycles. The van der Waals surface area contributed by atoms with E-state index in [-0.39, 0.29) is 5.91 Å². The molecule has 1 saturated heterocycles. The second-order valence-corrected chi connectivity index (χ2v) is 6.94. The van der Waals surface area contributed by atoms with Crippen LogP contribution >= 0.6 is 0 Å². The van der Waals surface area contributed by atoms with Crippen LogP contribution in [0.5, 0.6) is 0 Å². The van der Waals surface area contributed by atoms with E-state index in [0.29, 0.717) is 11.5 Å². The molecule has 2 aromatic rings. The average molecular weight is 312 g/mol. The molecule has 5 nitrogen and oxygen atoms in total. The summed E-state index contributed by atoms with van der Waals surface area (Å²) in [6.45, 7) is 1.81. The highest BCUT2D eigenvalue weighted by molar-refractivity contribution is 5.97. The molecule has 4 rings (SSSR count). The Labute approximate surface area is 136 Å². The summed E-state index contributed by atoms with van der Waals surface area (Å²) < 4.78 is 3.74. The van der Waals surface area contributed by atoms with E-state index in [1.54, 1.807) is 10.9 Å². The van der Waals surface area contributed by atoms with Gasteiger partial charge < -0.3 is 9.47 Å². The molecular weight excluding hydrogens is 288 g/mol. The minimum absolute atomic E-state index is 0.130. The molecule has 2 fully saturated rings. The van der Waals surface area contributed by atoms with Crippen LogP contribution in [0, 0.1) is 11.8 Å². The van der Waals surface area contributed by atoms with Crippen LogP contribution in [0.3, 0.4) is 0 Å². The van der Waals surface area contributed by atoms with Crippen LogP contribution < -0.4 is 0 Å². The fourth-order valence-corrected chi connectivity index (χ4v) is 4.32. The van der Waals surface area contributed by atoms with Crippen LogP contribution in [0.4, 0.5) is 0 Å². The minimum atomic E-state index is 0.130. The molecule has 1 amide bonds. The molecule has 0 spiro atoms. The van der Waals surface area contributed by atoms with Crippen LogP contribution in [0.25, 0.3) is 5.82 Å². The van der Waals surface area contributed by atoms with Crippen molar-refractivity contribution in [1.29, 1.82) is 0 Å². The fourth-order valence-electron chi connectivity index (χ4n) is 4.32. The molecular formula is C18H24N4O. The van der Waals surface area contributed by atoms with Gasteiger partial charge in [0, 0.05) is 32.5 Å². The number of carbonyl (C=O) groups is 1. The van der Waals surface area contributed by atoms with Gasteiger partial charge in [0.15, 0.2) is 0 Å². The van der Waals surface area contributed by atoms with Gasteiger partial charge in [0.1, 0.15) is 11.4 Å². The summed E-state index contributed by atoms with van der Waals surface area (Å²) >= 11 is 0. The predicted octanol–water partition coefficient (Wildman–Crippen LogP) is 2.86. The van der Waals surface area contributed by atoms with Crippen molar-refractivity contribution in [3.8, 4) is 5.82 Å². The van der Waals surface area contributed by atoms with Gasteiger partial charge in [0.05, 0.1) is 6.20 Å². The Balaban J connectivity index is 1.58. The summed E-state index contributed by atoms with van der Waals surface area (Å²) in [6.07, 6.45) is 12.1. The fraction of sp³-hybridized carbons (Fsp3) is 0.556. The van der Waals surface area contributed by atoms with Gasteiger partial charge in [-0.1, -0.05) is 19.3 Å². The molecule has 23 heavy (non-hydrogen) atoms. The SMILES string of the molecule is Cn1ncc(C(=O)N2CC[C@H]3CCCC[C@@H]3C2)c1-n1cccc1. The highest BCUT2D eigenvalue weighted by atomic mass is 16.2. The standard InChI is InChI=1S/C18H24N4O/c1-20-17(21-9-4-5-10-21)16(12-19-20)18(23)22-11-8-14-6-2-3-7-15(14)13-22/h4-5,9-10,12,14-15H,2-3,6-8,11,13H2,1H3/t14-,15-/m1/s1. The summed E-state index contributed by atoms with van der Waals surface area (Å²) in [5, 5.41) is 4.32. The van der Waals surface area contributed by atoms with Gasteiger partial charge in [-0.2, -0.15) is 5.10 Å². The Morgan fingerprint density at radius 2 is 1.87 bits per heavy atom. The van der Waals surface area contributed by atoms with E-state index in [1.807, 2.05) is 36.1 Å². The van der Waals surface area contributed by atoms with Crippen molar-refractivity contribution in [2.24, 2.45) is 18.9 Å². The van der Waals surface area contributed by atoms with Gasteiger partial charge in [-0.05, 0) is 36.8 Å². The van der Waals surface area contributed by atoms with E-state index in [1.165, 1.54) is 25.7 Å². The maximum Gasteiger partial charge on any atom is 0.259 e. The van der Waals surface area contributed by atoms with E-state index in [2.05, 4.69) is 10.00 Å². The molecule has 2 aliphatic rings. The van der Waals surface area contributed by atoms with Crippen molar-refractivity contribution in [2.45, 2.75) is 32.1 Å². The first-order chi connectivity index (χ1) is 11.2. The molecule has 122 valence electrons. The summed E-state index contributed by atoms with van der Waals surface area (Å²) in [6, 6.07) is 3.93. The first-order valence-electron chi connectivity index (χ1n) is 8.68. The van der Waals surface area contributed by atoms with Crippen LogP contribution in [0.2, 0.25) is 0 Å². The Hall–Kier alpha value is -2.04. The van der Waals surface area contributed by atoms with Gasteiger partial charge in [0.25, 0.3) is 5.91 Å². The zero-order chi connectivity index (χ0) is 15.8. The molecule has 0 N–H and O–H groups in total. The largest absolute Gasteiger partial charge is 0.338 e. The molecule has 1 saturated carbocycles. The molecule has 0 unspecified atom stereocenters. The second-order valence-electron chi connectivity index (χ2n) is 6.94. The van der Waals surface area contributed by atoms with E-state index in [9.17, 15) is 4.79 Å². The number of carbonyl (C=O) groups excluding carboxylic acids is 1. The smallest absolute Gasteiger partial charge is 0.259 e. The van der Waals surface area contributed by atoms with Crippen LogP contribution in [0.1, 0.15) is 42.5 Å². The number of likely N-dealkylation sites (tertiary alicyclic amines) is 1. The highest BCUT2D eigenvalue weighted by Crippen LogP contribution is 2.36. The zero-order valence-corrected chi connectivity index (χ0v) is 13.7. The first-order valence-corrected chi connectivity index (χ1v) is 8.68. The Morgan fingerprint density at radius 1 is 1.13 bits per heavy atom. The lowest BCUT2D eigenvalue weighted by atomic mass is 9.75. The third-order valence-electron chi connectivity index (χ3n) is 5.57. The molecule has 3 heterocycles. The summed E-state index contributed by atoms with van der Waals surface area (Å²) in [7, 11) is 1.89. The van der Waals surface area contributed by atoms with E-state index < -0.39 is 0 Å². The number of nitrogens with zero attached hydrogens (tertiary/aromatic N) is 4. The lowest BCUT2D eigenvalue weighted by Crippen LogP contribution is -2.44. The predicted molar refractivity (Wildman–Crippen MR) is 88.5 cm³/mol. The van der Waals surface area contributed by atoms with Gasteiger partial charge in [-0.15, -0.1) is 0 Å². The monoisotopic (exact) mass is 312 g/mol. The Kier molecular flexibility index (Phi) is 3.71. The molecule has 2 aromatic heterocycles. The normalized spacial score (nSPS) is 24.5. The third kappa shape index (κ3) is 2.58. The maximum atomic E-state index is 13.1. The van der Waals surface area contributed by atoms with Crippen LogP contribution in [-0.2, 0) is 7.05 Å². The second kappa shape index (κ2) is 5.87. The van der Waals surface area contributed by atoms with Gasteiger partial charge in [-0.3, -0.25) is 9.48 Å². The minimum Gasteiger partial charge on any atom is -0.338 e. The molecule has 5 heteroatoms. The van der Waals surface area contributed by atoms with Crippen LogP contribution in [0.15, 0.2) is 30.7 Å². The van der Waals surface area contributed by atoms with Crippen LogP contribution in [-0.4, -0.2) is 38.2 Å². The van der Waals surface area contributed by atoms with Crippen molar-refractivity contribution in [1.82, 2.24) is 19.2 Å². The summed E-state index contributed by atoms with van der Waals surface area (Å²) in [5.74, 6) is 2.52. The quantitative estimate of drug-likeness (QED) is 0.856. The molecule has 1 aliphatic carbocycles. The Morgan fingerprint density at radius 3 is 2.65 bits per heavy atom. The van der Waals surface area contributed by atoms with Gasteiger partial charge >= 0.3 is 0 Å². The number of hydrogen-bond donors (Lipinski definition) is 0. The van der Waals surface area contributed by atoms with Crippen molar-refractivity contribution in [2.75, 3.05) is 13.1 Å². The topological polar surface area (TPSA) is 43.1 Å². The van der Waals surface area contributed by atoms with Gasteiger partial charge in [-0.25, -0.2) is 0 Å². The zero-order valence-electron chi connectivity index (χ0n) is 13.7.